The van der Waals surface area contributed by atoms with Crippen molar-refractivity contribution in [3.63, 3.8) is 0 Å². The van der Waals surface area contributed by atoms with Crippen LogP contribution in [0.5, 0.6) is 11.6 Å². The maximum Gasteiger partial charge on any atom is 0.218 e. The molecule has 1 aromatic heterocycles. The molecule has 1 aromatic carbocycles. The molecular weight excluding hydrogens is 380 g/mol. The van der Waals surface area contributed by atoms with Gasteiger partial charge in [0.1, 0.15) is 12.4 Å². The zero-order valence-electron chi connectivity index (χ0n) is 18.6. The topological polar surface area (TPSA) is 77.0 Å². The van der Waals surface area contributed by atoms with Gasteiger partial charge in [0.25, 0.3) is 0 Å². The molecule has 0 radical (unpaired) electrons. The summed E-state index contributed by atoms with van der Waals surface area (Å²) in [5, 5.41) is 6.74. The first kappa shape index (κ1) is 23.5. The van der Waals surface area contributed by atoms with E-state index in [1.165, 1.54) is 0 Å². The van der Waals surface area contributed by atoms with Crippen molar-refractivity contribution >= 4 is 5.96 Å². The summed E-state index contributed by atoms with van der Waals surface area (Å²) >= 11 is 0. The second-order valence-electron chi connectivity index (χ2n) is 7.37. The molecule has 2 N–H and O–H groups in total. The minimum absolute atomic E-state index is 0.0849. The zero-order valence-corrected chi connectivity index (χ0v) is 18.6. The lowest BCUT2D eigenvalue weighted by Gasteiger charge is -2.19. The minimum Gasteiger partial charge on any atom is -0.493 e. The first-order chi connectivity index (χ1) is 14.5. The van der Waals surface area contributed by atoms with Crippen LogP contribution in [0.25, 0.3) is 0 Å². The summed E-state index contributed by atoms with van der Waals surface area (Å²) in [6.07, 6.45) is 1.72. The van der Waals surface area contributed by atoms with Crippen molar-refractivity contribution in [1.82, 2.24) is 15.6 Å². The molecule has 2 aromatic rings. The average Bonchev–Trinajstić information content (AvgIpc) is 2.76. The monoisotopic (exact) mass is 414 g/mol. The van der Waals surface area contributed by atoms with Crippen LogP contribution in [0, 0.1) is 5.92 Å². The number of ether oxygens (including phenoxy) is 3. The van der Waals surface area contributed by atoms with Crippen molar-refractivity contribution in [2.24, 2.45) is 10.9 Å². The highest BCUT2D eigenvalue weighted by Crippen LogP contribution is 2.18. The number of rotatable bonds is 11. The number of nitrogens with one attached hydrogen (secondary N) is 2. The van der Waals surface area contributed by atoms with Gasteiger partial charge in [0, 0.05) is 32.5 Å². The summed E-state index contributed by atoms with van der Waals surface area (Å²) in [4.78, 5) is 8.64. The zero-order chi connectivity index (χ0) is 21.8. The van der Waals surface area contributed by atoms with Crippen molar-refractivity contribution in [3.8, 4) is 11.6 Å². The lowest BCUT2D eigenvalue weighted by atomic mass is 10.1. The average molecular weight is 415 g/mol. The second-order valence-corrected chi connectivity index (χ2v) is 7.37. The summed E-state index contributed by atoms with van der Waals surface area (Å²) in [5.74, 6) is 2.70. The van der Waals surface area contributed by atoms with Crippen LogP contribution in [0.2, 0.25) is 0 Å². The fourth-order valence-electron chi connectivity index (χ4n) is 2.69. The molecule has 164 valence electrons. The van der Waals surface area contributed by atoms with Crippen molar-refractivity contribution in [1.29, 1.82) is 0 Å². The van der Waals surface area contributed by atoms with Gasteiger partial charge in [-0.1, -0.05) is 32.0 Å². The molecule has 0 bridgehead atoms. The molecule has 2 rings (SSSR count). The van der Waals surface area contributed by atoms with E-state index in [2.05, 4.69) is 53.5 Å². The van der Waals surface area contributed by atoms with Gasteiger partial charge in [-0.05, 0) is 36.6 Å². The van der Waals surface area contributed by atoms with Gasteiger partial charge in [-0.3, -0.25) is 4.99 Å². The normalized spacial score (nSPS) is 12.5. The molecular formula is C23H34N4O3. The Morgan fingerprint density at radius 1 is 1.07 bits per heavy atom. The van der Waals surface area contributed by atoms with Gasteiger partial charge in [0.05, 0.1) is 19.3 Å². The number of hydrogen-bond donors (Lipinski definition) is 2. The molecule has 0 amide bonds. The number of methoxy groups -OCH3 is 1. The number of aromatic nitrogens is 1. The summed E-state index contributed by atoms with van der Waals surface area (Å²) in [5.41, 5.74) is 2.11. The van der Waals surface area contributed by atoms with Crippen molar-refractivity contribution < 1.29 is 14.2 Å². The number of aliphatic imine (C=N–C) groups is 1. The third-order valence-corrected chi connectivity index (χ3v) is 4.36. The molecule has 30 heavy (non-hydrogen) atoms. The highest BCUT2D eigenvalue weighted by molar-refractivity contribution is 5.80. The first-order valence-electron chi connectivity index (χ1n) is 10.3. The van der Waals surface area contributed by atoms with E-state index in [4.69, 9.17) is 14.2 Å². The van der Waals surface area contributed by atoms with Crippen LogP contribution in [-0.2, 0) is 11.3 Å². The van der Waals surface area contributed by atoms with E-state index in [9.17, 15) is 0 Å². The molecule has 0 spiro atoms. The quantitative estimate of drug-likeness (QED) is 0.333. The van der Waals surface area contributed by atoms with Gasteiger partial charge in [-0.25, -0.2) is 4.98 Å². The lowest BCUT2D eigenvalue weighted by Crippen LogP contribution is -2.38. The van der Waals surface area contributed by atoms with Crippen LogP contribution in [0.3, 0.4) is 0 Å². The third kappa shape index (κ3) is 7.91. The Bertz CT molecular complexity index is 778. The van der Waals surface area contributed by atoms with Crippen LogP contribution in [0.4, 0.5) is 0 Å². The Morgan fingerprint density at radius 3 is 2.50 bits per heavy atom. The van der Waals surface area contributed by atoms with Crippen LogP contribution >= 0.6 is 0 Å². The molecule has 7 heteroatoms. The number of guanidine groups is 1. The Hall–Kier alpha value is -2.80. The van der Waals surface area contributed by atoms with Gasteiger partial charge in [-0.2, -0.15) is 0 Å². The molecule has 1 atom stereocenters. The molecule has 7 nitrogen and oxygen atoms in total. The second kappa shape index (κ2) is 12.7. The van der Waals surface area contributed by atoms with E-state index in [1.807, 2.05) is 24.3 Å². The van der Waals surface area contributed by atoms with Crippen LogP contribution in [-0.4, -0.2) is 44.9 Å². The summed E-state index contributed by atoms with van der Waals surface area (Å²) in [7, 11) is 3.40. The SMILES string of the molecule is CN=C(NCc1cccnc1OCCOC)NC(C)c1ccc(OCC(C)C)cc1. The number of nitrogens with zero attached hydrogens (tertiary/aromatic N) is 2. The molecule has 1 unspecified atom stereocenters. The maximum absolute atomic E-state index is 5.76. The first-order valence-corrected chi connectivity index (χ1v) is 10.3. The lowest BCUT2D eigenvalue weighted by molar-refractivity contribution is 0.143. The predicted molar refractivity (Wildman–Crippen MR) is 120 cm³/mol. The van der Waals surface area contributed by atoms with E-state index in [0.29, 0.717) is 37.5 Å². The van der Waals surface area contributed by atoms with Crippen LogP contribution < -0.4 is 20.1 Å². The fourth-order valence-corrected chi connectivity index (χ4v) is 2.69. The van der Waals surface area contributed by atoms with Gasteiger partial charge in [-0.15, -0.1) is 0 Å². The highest BCUT2D eigenvalue weighted by atomic mass is 16.5. The Balaban J connectivity index is 1.90. The summed E-state index contributed by atoms with van der Waals surface area (Å²) < 4.78 is 16.5. The molecule has 0 aliphatic carbocycles. The number of benzene rings is 1. The highest BCUT2D eigenvalue weighted by Gasteiger charge is 2.10. The van der Waals surface area contributed by atoms with Crippen LogP contribution in [0.15, 0.2) is 47.6 Å². The fraction of sp³-hybridized carbons (Fsp3) is 0.478. The molecule has 0 aliphatic heterocycles. The Morgan fingerprint density at radius 2 is 1.83 bits per heavy atom. The smallest absolute Gasteiger partial charge is 0.218 e. The minimum atomic E-state index is 0.0849. The van der Waals surface area contributed by atoms with Gasteiger partial charge in [0.15, 0.2) is 5.96 Å². The summed E-state index contributed by atoms with van der Waals surface area (Å²) in [6.45, 7) is 8.62. The molecule has 0 aliphatic rings. The van der Waals surface area contributed by atoms with E-state index in [0.717, 1.165) is 23.5 Å². The van der Waals surface area contributed by atoms with E-state index < -0.39 is 0 Å². The molecule has 0 fully saturated rings. The van der Waals surface area contributed by atoms with Crippen molar-refractivity contribution in [2.75, 3.05) is 34.0 Å². The van der Waals surface area contributed by atoms with Crippen molar-refractivity contribution in [2.45, 2.75) is 33.4 Å². The Labute approximate surface area is 179 Å². The predicted octanol–water partition coefficient (Wildman–Crippen LogP) is 3.57. The van der Waals surface area contributed by atoms with E-state index >= 15 is 0 Å². The van der Waals surface area contributed by atoms with Gasteiger partial charge < -0.3 is 24.8 Å². The third-order valence-electron chi connectivity index (χ3n) is 4.36. The van der Waals surface area contributed by atoms with E-state index in [-0.39, 0.29) is 6.04 Å². The van der Waals surface area contributed by atoms with Crippen LogP contribution in [0.1, 0.15) is 37.9 Å². The number of pyridine rings is 1. The standard InChI is InChI=1S/C23H34N4O3/c1-17(2)16-30-21-10-8-19(9-11-21)18(3)27-23(24-4)26-15-20-7-6-12-25-22(20)29-14-13-28-5/h6-12,17-18H,13-16H2,1-5H3,(H2,24,26,27). The Kier molecular flexibility index (Phi) is 9.94. The largest absolute Gasteiger partial charge is 0.493 e. The van der Waals surface area contributed by atoms with Gasteiger partial charge >= 0.3 is 0 Å². The number of hydrogen-bond acceptors (Lipinski definition) is 5. The molecule has 1 heterocycles. The summed E-state index contributed by atoms with van der Waals surface area (Å²) in [6, 6.07) is 12.1. The molecule has 0 saturated heterocycles. The van der Waals surface area contributed by atoms with Gasteiger partial charge in [0.2, 0.25) is 5.88 Å². The van der Waals surface area contributed by atoms with E-state index in [1.54, 1.807) is 20.4 Å². The van der Waals surface area contributed by atoms with Crippen molar-refractivity contribution in [3.05, 3.63) is 53.7 Å². The molecule has 0 saturated carbocycles. The maximum atomic E-state index is 5.76.